The van der Waals surface area contributed by atoms with Crippen molar-refractivity contribution >= 4 is 93.5 Å². The van der Waals surface area contributed by atoms with E-state index in [0.29, 0.717) is 48.9 Å². The van der Waals surface area contributed by atoms with Crippen LogP contribution in [-0.4, -0.2) is 127 Å². The Bertz CT molecular complexity index is 1700. The van der Waals surface area contributed by atoms with Crippen LogP contribution in [0.25, 0.3) is 0 Å². The molecule has 0 bridgehead atoms. The smallest absolute Gasteiger partial charge is 0.333 e. The van der Waals surface area contributed by atoms with Crippen LogP contribution in [0.5, 0.6) is 0 Å². The topological polar surface area (TPSA) is 153 Å². The molecule has 23 heteroatoms. The molecule has 0 atom stereocenters. The molecule has 0 amide bonds. The lowest BCUT2D eigenvalue weighted by atomic mass is 10.4. The van der Waals surface area contributed by atoms with Gasteiger partial charge in [-0.3, -0.25) is 0 Å². The number of allylic oxidation sites excluding steroid dienone is 1. The van der Waals surface area contributed by atoms with Crippen LogP contribution < -0.4 is 0 Å². The highest BCUT2D eigenvalue weighted by atomic mass is 28.5. The van der Waals surface area contributed by atoms with Gasteiger partial charge in [0.1, 0.15) is 0 Å². The standard InChI is InChI=1S/C20H42O6Si3.C15H34O4Si3.C14H32O4Si3.6CH4/c1-18(2)20(21)23-14-12-16-28(7,8)26-29(9,10)25-27(5,6)15-11-13-22-17-24-19(3)4;1-10-20(4,5)18-22(8,9)19-21(6,7)13-11-12-17-15(16)14(2)3;1-13(2)14(15)16-11-10-12-20(6,7)18-21(8,9)17-19(3,4)5;;;;;;/h1,3,11-17H2,2,4-10H3;2,10-13H2,1,3-9H3;1,10-12H2,2-9H3;6*1H4. The summed E-state index contributed by atoms with van der Waals surface area (Å²) < 4.78 is 64.7. The monoisotopic (exact) mass is 1270 g/mol. The third kappa shape index (κ3) is 58.1. The van der Waals surface area contributed by atoms with Gasteiger partial charge in [0, 0.05) is 16.7 Å². The van der Waals surface area contributed by atoms with Crippen molar-refractivity contribution < 1.29 is 62.8 Å². The molecule has 0 aromatic heterocycles. The Balaban J connectivity index is -0.000000128. The number of hydrogen-bond acceptors (Lipinski definition) is 14. The van der Waals surface area contributed by atoms with E-state index < -0.39 is 75.6 Å². The summed E-state index contributed by atoms with van der Waals surface area (Å²) in [5, 5.41) is 0. The molecule has 0 unspecified atom stereocenters. The normalized spacial score (nSPS) is 11.9. The molecule has 14 nitrogen and oxygen atoms in total. The third-order valence-corrected chi connectivity index (χ3v) is 43.2. The van der Waals surface area contributed by atoms with Crippen LogP contribution in [0.4, 0.5) is 0 Å². The van der Waals surface area contributed by atoms with Gasteiger partial charge in [0.15, 0.2) is 56.7 Å². The van der Waals surface area contributed by atoms with Gasteiger partial charge in [0.2, 0.25) is 0 Å². The molecule has 0 aromatic carbocycles. The maximum Gasteiger partial charge on any atom is 0.333 e. The Kier molecular flexibility index (Phi) is 53.5. The maximum atomic E-state index is 11.5. The highest BCUT2D eigenvalue weighted by Crippen LogP contribution is 2.28. The molecule has 78 heavy (non-hydrogen) atoms. The predicted molar refractivity (Wildman–Crippen MR) is 362 cm³/mol. The second kappa shape index (κ2) is 43.5. The molecule has 0 rings (SSSR count). The van der Waals surface area contributed by atoms with E-state index in [1.807, 2.05) is 0 Å². The molecule has 0 heterocycles. The van der Waals surface area contributed by atoms with Gasteiger partial charge < -0.3 is 48.4 Å². The fourth-order valence-electron chi connectivity index (χ4n) is 7.56. The lowest BCUT2D eigenvalue weighted by Gasteiger charge is -2.38. The van der Waals surface area contributed by atoms with Crippen LogP contribution in [0.15, 0.2) is 48.8 Å². The molecule has 0 radical (unpaired) electrons. The highest BCUT2D eigenvalue weighted by Gasteiger charge is 2.41. The van der Waals surface area contributed by atoms with Gasteiger partial charge in [-0.15, -0.1) is 0 Å². The SMILES string of the molecule is C.C.C.C.C.C.C=C(C)C(=O)OCCC[Si](C)(C)O[Si](C)(C)O[Si](C)(C)C.C=C(C)C(=O)OCCC[Si](C)(C)O[Si](C)(C)O[Si](C)(C)CC.C=C(C)OCOCCC[Si](C)(C)O[Si](C)(C)O[Si](C)(C)CCCOC(=O)C(=C)C. The first-order valence-corrected chi connectivity index (χ1v) is 53.2. The van der Waals surface area contributed by atoms with E-state index in [0.717, 1.165) is 55.9 Å². The van der Waals surface area contributed by atoms with Gasteiger partial charge in [-0.1, -0.05) is 77.8 Å². The van der Waals surface area contributed by atoms with Crippen molar-refractivity contribution in [1.82, 2.24) is 0 Å². The molecular formula is C55H132O14Si9. The summed E-state index contributed by atoms with van der Waals surface area (Å²) in [6, 6.07) is 4.96. The van der Waals surface area contributed by atoms with E-state index in [2.05, 4.69) is 158 Å². The van der Waals surface area contributed by atoms with Crippen molar-refractivity contribution in [2.75, 3.05) is 33.2 Å². The molecule has 0 aromatic rings. The molecule has 0 aliphatic rings. The molecular weight excluding hydrogens is 1140 g/mol. The van der Waals surface area contributed by atoms with Crippen molar-refractivity contribution in [1.29, 1.82) is 0 Å². The number of ether oxygens (including phenoxy) is 5. The molecule has 0 saturated heterocycles. The zero-order chi connectivity index (χ0) is 57.2. The first-order valence-electron chi connectivity index (χ1n) is 25.7. The van der Waals surface area contributed by atoms with Crippen molar-refractivity contribution in [2.24, 2.45) is 0 Å². The quantitative estimate of drug-likeness (QED) is 0.0112. The minimum absolute atomic E-state index is 0. The van der Waals surface area contributed by atoms with Crippen LogP contribution >= 0.6 is 0 Å². The van der Waals surface area contributed by atoms with Crippen LogP contribution in [-0.2, 0) is 62.8 Å². The number of carbonyl (C=O) groups is 3. The fraction of sp³-hybridized carbons (Fsp3) is 0.800. The Hall–Kier alpha value is -1.16. The molecule has 472 valence electrons. The first-order chi connectivity index (χ1) is 32.2. The largest absolute Gasteiger partial charge is 0.473 e. The Labute approximate surface area is 494 Å². The summed E-state index contributed by atoms with van der Waals surface area (Å²) in [4.78, 5) is 34.1. The summed E-state index contributed by atoms with van der Waals surface area (Å²) in [7, 11) is -16.9. The maximum absolute atomic E-state index is 11.5. The van der Waals surface area contributed by atoms with E-state index in [-0.39, 0.29) is 69.3 Å². The molecule has 0 aliphatic heterocycles. The summed E-state index contributed by atoms with van der Waals surface area (Å²) in [5.41, 5.74) is 1.32. The van der Waals surface area contributed by atoms with Crippen molar-refractivity contribution in [3.8, 4) is 0 Å². The predicted octanol–water partition coefficient (Wildman–Crippen LogP) is 18.3. The Morgan fingerprint density at radius 3 is 0.795 bits per heavy atom. The average Bonchev–Trinajstić information content (AvgIpc) is 3.14. The molecule has 0 fully saturated rings. The summed E-state index contributed by atoms with van der Waals surface area (Å²) >= 11 is 0. The number of carbonyl (C=O) groups excluding carboxylic acids is 3. The van der Waals surface area contributed by atoms with Gasteiger partial charge in [-0.05, 0) is 208 Å². The van der Waals surface area contributed by atoms with E-state index in [9.17, 15) is 14.4 Å². The van der Waals surface area contributed by atoms with Gasteiger partial charge in [0.25, 0.3) is 0 Å². The number of hydrogen-bond donors (Lipinski definition) is 0. The van der Waals surface area contributed by atoms with Crippen molar-refractivity contribution in [2.45, 2.75) is 259 Å². The lowest BCUT2D eigenvalue weighted by molar-refractivity contribution is -0.139. The fourth-order valence-corrected chi connectivity index (χ4v) is 47.9. The second-order valence-electron chi connectivity index (χ2n) is 24.1. The van der Waals surface area contributed by atoms with E-state index >= 15 is 0 Å². The summed E-state index contributed by atoms with van der Waals surface area (Å²) in [6.45, 7) is 67.2. The Morgan fingerprint density at radius 2 is 0.577 bits per heavy atom. The van der Waals surface area contributed by atoms with E-state index in [4.69, 9.17) is 48.4 Å². The number of esters is 3. The van der Waals surface area contributed by atoms with Gasteiger partial charge in [0.05, 0.1) is 32.2 Å². The lowest BCUT2D eigenvalue weighted by Crippen LogP contribution is -2.52. The summed E-state index contributed by atoms with van der Waals surface area (Å²) in [6.07, 6.45) is 3.40. The zero-order valence-electron chi connectivity index (χ0n) is 50.4. The molecule has 0 N–H and O–H groups in total. The van der Waals surface area contributed by atoms with E-state index in [1.54, 1.807) is 27.7 Å². The second-order valence-corrected chi connectivity index (χ2v) is 61.9. The van der Waals surface area contributed by atoms with E-state index in [1.165, 1.54) is 0 Å². The third-order valence-electron chi connectivity index (χ3n) is 9.98. The van der Waals surface area contributed by atoms with Crippen LogP contribution in [0, 0.1) is 0 Å². The minimum Gasteiger partial charge on any atom is -0.473 e. The van der Waals surface area contributed by atoms with Gasteiger partial charge in [-0.25, -0.2) is 14.4 Å². The zero-order valence-corrected chi connectivity index (χ0v) is 59.4. The van der Waals surface area contributed by atoms with Crippen molar-refractivity contribution in [3.63, 3.8) is 0 Å². The van der Waals surface area contributed by atoms with Crippen LogP contribution in [0.1, 0.15) is 105 Å². The van der Waals surface area contributed by atoms with Crippen LogP contribution in [0.2, 0.25) is 155 Å². The number of rotatable bonds is 35. The Morgan fingerprint density at radius 1 is 0.346 bits per heavy atom. The van der Waals surface area contributed by atoms with Crippen LogP contribution in [0.3, 0.4) is 0 Å². The first kappa shape index (κ1) is 96.0. The van der Waals surface area contributed by atoms with Gasteiger partial charge in [-0.2, -0.15) is 0 Å². The molecule has 0 aliphatic carbocycles. The minimum atomic E-state index is -2.24. The average molecular weight is 1270 g/mol. The molecule has 0 saturated carbocycles. The van der Waals surface area contributed by atoms with Gasteiger partial charge >= 0.3 is 43.6 Å². The van der Waals surface area contributed by atoms with Crippen molar-refractivity contribution in [3.05, 3.63) is 48.8 Å². The summed E-state index contributed by atoms with van der Waals surface area (Å²) in [5.74, 6) is -0.290. The molecule has 0 spiro atoms. The highest BCUT2D eigenvalue weighted by molar-refractivity contribution is 6.89.